The van der Waals surface area contributed by atoms with Crippen LogP contribution in [0.15, 0.2) is 30.3 Å². The summed E-state index contributed by atoms with van der Waals surface area (Å²) in [6.07, 6.45) is 1.21. The van der Waals surface area contributed by atoms with Crippen molar-refractivity contribution < 1.29 is 14.4 Å². The number of nitrogens with zero attached hydrogens (tertiary/aromatic N) is 3. The molecule has 0 unspecified atom stereocenters. The van der Waals surface area contributed by atoms with Crippen LogP contribution in [0.1, 0.15) is 26.2 Å². The van der Waals surface area contributed by atoms with E-state index in [4.69, 9.17) is 0 Å². The van der Waals surface area contributed by atoms with Gasteiger partial charge in [0.1, 0.15) is 6.04 Å². The summed E-state index contributed by atoms with van der Waals surface area (Å²) in [4.78, 5) is 43.0. The number of carbonyl (C=O) groups is 3. The maximum absolute atomic E-state index is 12.8. The molecule has 0 aromatic heterocycles. The van der Waals surface area contributed by atoms with Gasteiger partial charge in [-0.2, -0.15) is 0 Å². The predicted octanol–water partition coefficient (Wildman–Crippen LogP) is 0.852. The molecule has 1 aromatic rings. The summed E-state index contributed by atoms with van der Waals surface area (Å²) in [6, 6.07) is 9.47. The Hall–Kier alpha value is -2.57. The highest BCUT2D eigenvalue weighted by Gasteiger charge is 2.35. The molecule has 1 aromatic carbocycles. The number of para-hydroxylation sites is 1. The molecule has 3 rings (SSSR count). The molecule has 0 spiro atoms. The van der Waals surface area contributed by atoms with Gasteiger partial charge in [-0.25, -0.2) is 0 Å². The number of benzene rings is 1. The van der Waals surface area contributed by atoms with Crippen LogP contribution in [0, 0.1) is 0 Å². The molecule has 1 atom stereocenters. The summed E-state index contributed by atoms with van der Waals surface area (Å²) in [5, 5.41) is 2.78. The monoisotopic (exact) mass is 372 g/mol. The van der Waals surface area contributed by atoms with Gasteiger partial charge in [0.25, 0.3) is 0 Å². The molecule has 2 heterocycles. The number of amides is 3. The number of carbonyl (C=O) groups excluding carboxylic acids is 3. The standard InChI is InChI=1S/C20H28N4O3/c1-2-6-18(25)24-10-9-21-20(27)17(24)15-19(26)23-13-11-22(12-14-23)16-7-4-3-5-8-16/h3-5,7-8,17H,2,6,9-15H2,1H3,(H,21,27)/t17-/m0/s1. The van der Waals surface area contributed by atoms with Gasteiger partial charge >= 0.3 is 0 Å². The predicted molar refractivity (Wildman–Crippen MR) is 103 cm³/mol. The lowest BCUT2D eigenvalue weighted by Gasteiger charge is -2.39. The zero-order chi connectivity index (χ0) is 19.2. The van der Waals surface area contributed by atoms with Gasteiger partial charge in [0, 0.05) is 51.4 Å². The molecule has 0 saturated carbocycles. The maximum Gasteiger partial charge on any atom is 0.243 e. The van der Waals surface area contributed by atoms with Gasteiger partial charge < -0.3 is 20.0 Å². The summed E-state index contributed by atoms with van der Waals surface area (Å²) < 4.78 is 0. The van der Waals surface area contributed by atoms with Crippen LogP contribution in [-0.4, -0.2) is 72.8 Å². The first-order chi connectivity index (χ1) is 13.1. The number of piperazine rings is 2. The first-order valence-electron chi connectivity index (χ1n) is 9.75. The van der Waals surface area contributed by atoms with Crippen LogP contribution in [-0.2, 0) is 14.4 Å². The van der Waals surface area contributed by atoms with Gasteiger partial charge in [-0.15, -0.1) is 0 Å². The van der Waals surface area contributed by atoms with Crippen molar-refractivity contribution in [2.75, 3.05) is 44.2 Å². The van der Waals surface area contributed by atoms with E-state index in [1.807, 2.05) is 30.0 Å². The topological polar surface area (TPSA) is 73.0 Å². The average molecular weight is 372 g/mol. The van der Waals surface area contributed by atoms with Gasteiger partial charge in [0.05, 0.1) is 6.42 Å². The van der Waals surface area contributed by atoms with E-state index in [-0.39, 0.29) is 24.1 Å². The van der Waals surface area contributed by atoms with E-state index in [1.54, 1.807) is 4.90 Å². The van der Waals surface area contributed by atoms with Crippen molar-refractivity contribution in [3.05, 3.63) is 30.3 Å². The van der Waals surface area contributed by atoms with E-state index >= 15 is 0 Å². The lowest BCUT2D eigenvalue weighted by molar-refractivity contribution is -0.146. The van der Waals surface area contributed by atoms with Crippen LogP contribution in [0.2, 0.25) is 0 Å². The molecule has 3 amide bonds. The molecule has 7 heteroatoms. The third-order valence-corrected chi connectivity index (χ3v) is 5.24. The second-order valence-corrected chi connectivity index (χ2v) is 7.05. The molecule has 2 aliphatic heterocycles. The number of hydrogen-bond donors (Lipinski definition) is 1. The molecule has 27 heavy (non-hydrogen) atoms. The van der Waals surface area contributed by atoms with Crippen LogP contribution >= 0.6 is 0 Å². The van der Waals surface area contributed by atoms with Crippen LogP contribution in [0.3, 0.4) is 0 Å². The summed E-state index contributed by atoms with van der Waals surface area (Å²) >= 11 is 0. The normalized spacial score (nSPS) is 20.4. The summed E-state index contributed by atoms with van der Waals surface area (Å²) in [5.74, 6) is -0.319. The molecular weight excluding hydrogens is 344 g/mol. The minimum Gasteiger partial charge on any atom is -0.368 e. The lowest BCUT2D eigenvalue weighted by Crippen LogP contribution is -2.59. The Morgan fingerprint density at radius 1 is 1.04 bits per heavy atom. The van der Waals surface area contributed by atoms with Crippen molar-refractivity contribution in [2.24, 2.45) is 0 Å². The first-order valence-corrected chi connectivity index (χ1v) is 9.75. The maximum atomic E-state index is 12.8. The number of hydrogen-bond acceptors (Lipinski definition) is 4. The molecular formula is C20H28N4O3. The molecule has 7 nitrogen and oxygen atoms in total. The molecule has 2 saturated heterocycles. The van der Waals surface area contributed by atoms with Crippen LogP contribution in [0.5, 0.6) is 0 Å². The Kier molecular flexibility index (Phi) is 6.32. The van der Waals surface area contributed by atoms with Gasteiger partial charge in [-0.05, 0) is 18.6 Å². The highest BCUT2D eigenvalue weighted by molar-refractivity contribution is 5.93. The lowest BCUT2D eigenvalue weighted by atomic mass is 10.1. The molecule has 1 N–H and O–H groups in total. The van der Waals surface area contributed by atoms with Gasteiger partial charge in [0.15, 0.2) is 0 Å². The number of anilines is 1. The first kappa shape index (κ1) is 19.2. The minimum absolute atomic E-state index is 0.0425. The zero-order valence-corrected chi connectivity index (χ0v) is 15.9. The van der Waals surface area contributed by atoms with Crippen molar-refractivity contribution in [2.45, 2.75) is 32.2 Å². The van der Waals surface area contributed by atoms with Crippen LogP contribution in [0.25, 0.3) is 0 Å². The smallest absolute Gasteiger partial charge is 0.243 e. The zero-order valence-electron chi connectivity index (χ0n) is 15.9. The summed E-state index contributed by atoms with van der Waals surface area (Å²) in [7, 11) is 0. The highest BCUT2D eigenvalue weighted by atomic mass is 16.2. The van der Waals surface area contributed by atoms with Gasteiger partial charge in [-0.3, -0.25) is 14.4 Å². The Balaban J connectivity index is 1.57. The van der Waals surface area contributed by atoms with Gasteiger partial charge in [-0.1, -0.05) is 25.1 Å². The molecule has 2 aliphatic rings. The van der Waals surface area contributed by atoms with Crippen LogP contribution < -0.4 is 10.2 Å². The van der Waals surface area contributed by atoms with Gasteiger partial charge in [0.2, 0.25) is 17.7 Å². The van der Waals surface area contributed by atoms with Crippen molar-refractivity contribution in [3.63, 3.8) is 0 Å². The SMILES string of the molecule is CCCC(=O)N1CCNC(=O)[C@@H]1CC(=O)N1CCN(c2ccccc2)CC1. The molecule has 2 fully saturated rings. The van der Waals surface area contributed by atoms with Crippen molar-refractivity contribution in [1.29, 1.82) is 0 Å². The highest BCUT2D eigenvalue weighted by Crippen LogP contribution is 2.18. The second kappa shape index (κ2) is 8.88. The van der Waals surface area contributed by atoms with E-state index in [9.17, 15) is 14.4 Å². The van der Waals surface area contributed by atoms with Crippen molar-refractivity contribution in [3.8, 4) is 0 Å². The molecule has 146 valence electrons. The van der Waals surface area contributed by atoms with Crippen LogP contribution in [0.4, 0.5) is 5.69 Å². The summed E-state index contributed by atoms with van der Waals surface area (Å²) in [5.41, 5.74) is 1.16. The fraction of sp³-hybridized carbons (Fsp3) is 0.550. The number of nitrogens with one attached hydrogen (secondary N) is 1. The van der Waals surface area contributed by atoms with E-state index in [1.165, 1.54) is 0 Å². The fourth-order valence-corrected chi connectivity index (χ4v) is 3.72. The molecule has 0 aliphatic carbocycles. The Bertz CT molecular complexity index is 671. The van der Waals surface area contributed by atoms with E-state index in [2.05, 4.69) is 22.3 Å². The quantitative estimate of drug-likeness (QED) is 0.832. The third-order valence-electron chi connectivity index (χ3n) is 5.24. The Morgan fingerprint density at radius 2 is 1.74 bits per heavy atom. The Morgan fingerprint density at radius 3 is 2.41 bits per heavy atom. The number of rotatable bonds is 5. The fourth-order valence-electron chi connectivity index (χ4n) is 3.72. The van der Waals surface area contributed by atoms with E-state index < -0.39 is 6.04 Å². The minimum atomic E-state index is -0.683. The second-order valence-electron chi connectivity index (χ2n) is 7.05. The van der Waals surface area contributed by atoms with E-state index in [0.717, 1.165) is 25.2 Å². The summed E-state index contributed by atoms with van der Waals surface area (Å²) in [6.45, 7) is 5.67. The Labute approximate surface area is 160 Å². The van der Waals surface area contributed by atoms with E-state index in [0.29, 0.717) is 32.6 Å². The molecule has 0 radical (unpaired) electrons. The third kappa shape index (κ3) is 4.59. The largest absolute Gasteiger partial charge is 0.368 e. The van der Waals surface area contributed by atoms with Crippen molar-refractivity contribution in [1.82, 2.24) is 15.1 Å². The molecule has 0 bridgehead atoms. The average Bonchev–Trinajstić information content (AvgIpc) is 2.70. The van der Waals surface area contributed by atoms with Crippen molar-refractivity contribution >= 4 is 23.4 Å².